The summed E-state index contributed by atoms with van der Waals surface area (Å²) in [6.45, 7) is 3.21. The van der Waals surface area contributed by atoms with Crippen LogP contribution in [0.2, 0.25) is 5.02 Å². The fraction of sp³-hybridized carbons (Fsp3) is 0.200. The van der Waals surface area contributed by atoms with Gasteiger partial charge in [-0.15, -0.1) is 0 Å². The normalized spacial score (nSPS) is 13.7. The first-order valence-corrected chi connectivity index (χ1v) is 8.08. The van der Waals surface area contributed by atoms with Gasteiger partial charge in [0, 0.05) is 24.7 Å². The van der Waals surface area contributed by atoms with Crippen molar-refractivity contribution in [1.82, 2.24) is 4.57 Å². The molecule has 0 atom stereocenters. The molecule has 3 aromatic rings. The number of carbonyl (C=O) groups is 1. The maximum Gasteiger partial charge on any atom is 0.264 e. The van der Waals surface area contributed by atoms with E-state index in [4.69, 9.17) is 18.5 Å². The van der Waals surface area contributed by atoms with Crippen molar-refractivity contribution in [2.75, 3.05) is 11.4 Å². The number of aromatic nitrogens is 1. The van der Waals surface area contributed by atoms with Crippen LogP contribution in [0.5, 0.6) is 0 Å². The van der Waals surface area contributed by atoms with Gasteiger partial charge in [-0.3, -0.25) is 9.59 Å². The highest BCUT2D eigenvalue weighted by Crippen LogP contribution is 2.28. The average molecular weight is 360 g/mol. The molecule has 0 saturated heterocycles. The number of hydrogen-bond acceptors (Lipinski definition) is 2. The van der Waals surface area contributed by atoms with Gasteiger partial charge in [-0.25, -0.2) is 0 Å². The molecule has 1 aromatic heterocycles. The molecule has 0 radical (unpaired) electrons. The lowest BCUT2D eigenvalue weighted by Crippen LogP contribution is -2.37. The lowest BCUT2D eigenvalue weighted by Gasteiger charge is -2.23. The number of carbonyl (C=O) groups excluding carboxylic acids is 1. The monoisotopic (exact) mass is 359 g/mol. The number of rotatable bonds is 3. The van der Waals surface area contributed by atoms with E-state index in [0.29, 0.717) is 21.5 Å². The third-order valence-corrected chi connectivity index (χ3v) is 4.47. The maximum atomic E-state index is 13.5. The smallest absolute Gasteiger partial charge is 0.264 e. The molecule has 0 spiro atoms. The number of anilines is 1. The van der Waals surface area contributed by atoms with Crippen LogP contribution in [-0.4, -0.2) is 17.0 Å². The van der Waals surface area contributed by atoms with Crippen molar-refractivity contribution in [2.24, 2.45) is 7.05 Å². The largest absolute Gasteiger partial charge is 0.311 e. The Morgan fingerprint density at radius 2 is 1.96 bits per heavy atom. The van der Waals surface area contributed by atoms with Gasteiger partial charge in [0.25, 0.3) is 11.5 Å². The molecule has 3 rings (SSSR count). The fourth-order valence-corrected chi connectivity index (χ4v) is 3.21. The number of amides is 1. The predicted octanol–water partition coefficient (Wildman–Crippen LogP) is 4.17. The van der Waals surface area contributed by atoms with Crippen LogP contribution >= 0.6 is 11.6 Å². The molecular weight excluding hydrogens is 336 g/mol. The summed E-state index contributed by atoms with van der Waals surface area (Å²) in [5, 5.41) is 0.919. The molecule has 1 heterocycles. The highest BCUT2D eigenvalue weighted by molar-refractivity contribution is 6.36. The molecule has 0 bridgehead atoms. The van der Waals surface area contributed by atoms with Crippen molar-refractivity contribution >= 4 is 34.1 Å². The molecule has 0 aliphatic heterocycles. The van der Waals surface area contributed by atoms with Gasteiger partial charge in [-0.2, -0.15) is 0 Å². The summed E-state index contributed by atoms with van der Waals surface area (Å²) in [6.07, 6.45) is 0. The third kappa shape index (κ3) is 2.83. The number of nitrogens with zero attached hydrogens (tertiary/aromatic N) is 2. The molecule has 1 amide bonds. The number of halogens is 1. The number of benzene rings is 2. The Hall–Kier alpha value is -2.59. The van der Waals surface area contributed by atoms with E-state index in [0.717, 1.165) is 4.90 Å². The number of para-hydroxylation sites is 1. The minimum absolute atomic E-state index is 0.00399. The first-order chi connectivity index (χ1) is 14.0. The van der Waals surface area contributed by atoms with E-state index < -0.39 is 41.7 Å². The quantitative estimate of drug-likeness (QED) is 0.704. The molecule has 0 fully saturated rings. The van der Waals surface area contributed by atoms with E-state index in [1.54, 1.807) is 32.0 Å². The lowest BCUT2D eigenvalue weighted by molar-refractivity contribution is 0.0986. The molecule has 0 N–H and O–H groups in total. The zero-order chi connectivity index (χ0) is 22.5. The Kier molecular flexibility index (Phi) is 3.20. The molecule has 0 saturated carbocycles. The molecule has 5 heteroatoms. The maximum absolute atomic E-state index is 13.5. The van der Waals surface area contributed by atoms with Crippen molar-refractivity contribution in [3.05, 3.63) is 74.9 Å². The number of aryl methyl sites for hydroxylation is 2. The second kappa shape index (κ2) is 6.73. The van der Waals surface area contributed by atoms with E-state index in [9.17, 15) is 9.59 Å². The van der Waals surface area contributed by atoms with Crippen LogP contribution in [-0.2, 0) is 7.05 Å². The fourth-order valence-electron chi connectivity index (χ4n) is 2.89. The molecule has 0 unspecified atom stereocenters. The van der Waals surface area contributed by atoms with Crippen molar-refractivity contribution in [3.63, 3.8) is 0 Å². The number of pyridine rings is 1. The van der Waals surface area contributed by atoms with Crippen molar-refractivity contribution < 1.29 is 11.6 Å². The number of fused-ring (bicyclic) bond motifs is 1. The zero-order valence-electron chi connectivity index (χ0n) is 19.0. The van der Waals surface area contributed by atoms with Gasteiger partial charge in [0.15, 0.2) is 0 Å². The minimum atomic E-state index is -0.754. The van der Waals surface area contributed by atoms with Crippen LogP contribution in [0.4, 0.5) is 5.69 Å². The summed E-state index contributed by atoms with van der Waals surface area (Å²) in [4.78, 5) is 27.5. The van der Waals surface area contributed by atoms with Gasteiger partial charge in [0.1, 0.15) is 5.56 Å². The first kappa shape index (κ1) is 11.9. The Balaban J connectivity index is 2.34. The standard InChI is InChI=1S/C20H19ClN2O2/c1-4-23(14-9-6-5-7-10-14)20(25)18-13(2)17-15(21)11-8-12-16(17)22(3)19(18)24/h5-12H,4H2,1-3H3/i5D,6D,7D,9D,10D. The average Bonchev–Trinajstić information content (AvgIpc) is 2.72. The molecule has 0 aliphatic rings. The Morgan fingerprint density at radius 1 is 1.28 bits per heavy atom. The van der Waals surface area contributed by atoms with E-state index in [1.165, 1.54) is 11.6 Å². The van der Waals surface area contributed by atoms with Crippen LogP contribution < -0.4 is 10.5 Å². The number of hydrogen-bond donors (Lipinski definition) is 0. The van der Waals surface area contributed by atoms with Gasteiger partial charge in [0.2, 0.25) is 0 Å². The Labute approximate surface area is 158 Å². The summed E-state index contributed by atoms with van der Waals surface area (Å²) in [6, 6.07) is 2.40. The van der Waals surface area contributed by atoms with Gasteiger partial charge < -0.3 is 9.47 Å². The summed E-state index contributed by atoms with van der Waals surface area (Å²) in [5.74, 6) is -0.754. The highest BCUT2D eigenvalue weighted by Gasteiger charge is 2.24. The SMILES string of the molecule is [2H]c1c([2H])c([2H])c(N(CC)C(=O)c2c(C)c3c(Cl)cccc3n(C)c2=O)c([2H])c1[2H]. The zero-order valence-corrected chi connectivity index (χ0v) is 14.8. The second-order valence-corrected chi connectivity index (χ2v) is 5.93. The molecule has 2 aromatic carbocycles. The van der Waals surface area contributed by atoms with Gasteiger partial charge in [0.05, 0.1) is 17.4 Å². The predicted molar refractivity (Wildman–Crippen MR) is 103 cm³/mol. The molecule has 4 nitrogen and oxygen atoms in total. The van der Waals surface area contributed by atoms with Gasteiger partial charge in [-0.1, -0.05) is 35.8 Å². The molecule has 25 heavy (non-hydrogen) atoms. The van der Waals surface area contributed by atoms with Crippen molar-refractivity contribution in [3.8, 4) is 0 Å². The van der Waals surface area contributed by atoms with Gasteiger partial charge >= 0.3 is 0 Å². The summed E-state index contributed by atoms with van der Waals surface area (Å²) < 4.78 is 41.2. The Bertz CT molecular complexity index is 1240. The lowest BCUT2D eigenvalue weighted by atomic mass is 10.0. The first-order valence-electron chi connectivity index (χ1n) is 10.2. The van der Waals surface area contributed by atoms with E-state index in [2.05, 4.69) is 0 Å². The highest BCUT2D eigenvalue weighted by atomic mass is 35.5. The molecule has 128 valence electrons. The van der Waals surface area contributed by atoms with E-state index >= 15 is 0 Å². The van der Waals surface area contributed by atoms with Crippen LogP contribution in [0.25, 0.3) is 10.9 Å². The van der Waals surface area contributed by atoms with Crippen molar-refractivity contribution in [1.29, 1.82) is 0 Å². The topological polar surface area (TPSA) is 42.3 Å². The summed E-state index contributed by atoms with van der Waals surface area (Å²) in [7, 11) is 1.53. The third-order valence-electron chi connectivity index (χ3n) is 4.15. The van der Waals surface area contributed by atoms with Gasteiger partial charge in [-0.05, 0) is 43.6 Å². The van der Waals surface area contributed by atoms with Crippen LogP contribution in [0.1, 0.15) is 29.7 Å². The van der Waals surface area contributed by atoms with Crippen LogP contribution in [0.15, 0.2) is 53.2 Å². The van der Waals surface area contributed by atoms with Crippen LogP contribution in [0, 0.1) is 6.92 Å². The Morgan fingerprint density at radius 3 is 2.60 bits per heavy atom. The van der Waals surface area contributed by atoms with Crippen molar-refractivity contribution in [2.45, 2.75) is 13.8 Å². The van der Waals surface area contributed by atoms with E-state index in [1.807, 2.05) is 0 Å². The second-order valence-electron chi connectivity index (χ2n) is 5.52. The molecule has 0 aliphatic carbocycles. The summed E-state index contributed by atoms with van der Waals surface area (Å²) >= 11 is 6.33. The van der Waals surface area contributed by atoms with Crippen LogP contribution in [0.3, 0.4) is 0 Å². The summed E-state index contributed by atoms with van der Waals surface area (Å²) in [5.41, 5.74) is -0.0547. The minimum Gasteiger partial charge on any atom is -0.311 e. The van der Waals surface area contributed by atoms with E-state index in [-0.39, 0.29) is 17.8 Å². The molecular formula is C20H19ClN2O2.